The minimum Gasteiger partial charge on any atom is -0.496 e. The number of methoxy groups -OCH3 is 2. The summed E-state index contributed by atoms with van der Waals surface area (Å²) in [5, 5.41) is 0.858. The molecule has 0 radical (unpaired) electrons. The summed E-state index contributed by atoms with van der Waals surface area (Å²) in [5.74, 6) is 0.181. The number of fused-ring (bicyclic) bond motifs is 1. The fourth-order valence-electron chi connectivity index (χ4n) is 2.79. The lowest BCUT2D eigenvalue weighted by molar-refractivity contribution is -0.145. The highest BCUT2D eigenvalue weighted by atomic mass is 16.5. The Bertz CT molecular complexity index is 702. The molecule has 1 heterocycles. The molecule has 23 heavy (non-hydrogen) atoms. The molecule has 0 saturated heterocycles. The molecule has 1 atom stereocenters. The molecule has 5 heteroatoms. The van der Waals surface area contributed by atoms with Gasteiger partial charge in [-0.3, -0.25) is 9.59 Å². The van der Waals surface area contributed by atoms with Gasteiger partial charge in [-0.1, -0.05) is 19.9 Å². The number of ketones is 1. The Labute approximate surface area is 136 Å². The van der Waals surface area contributed by atoms with Gasteiger partial charge in [-0.05, 0) is 30.5 Å². The molecule has 124 valence electrons. The van der Waals surface area contributed by atoms with Gasteiger partial charge in [0.1, 0.15) is 5.75 Å². The third-order valence-corrected chi connectivity index (χ3v) is 3.87. The maximum absolute atomic E-state index is 12.5. The first-order valence-electron chi connectivity index (χ1n) is 7.73. The van der Waals surface area contributed by atoms with Crippen LogP contribution in [0.5, 0.6) is 5.75 Å². The highest BCUT2D eigenvalue weighted by molar-refractivity contribution is 6.02. The van der Waals surface area contributed by atoms with Crippen molar-refractivity contribution in [3.63, 3.8) is 0 Å². The van der Waals surface area contributed by atoms with Crippen molar-refractivity contribution in [3.8, 4) is 5.75 Å². The molecular formula is C18H23NO4. The Morgan fingerprint density at radius 2 is 1.96 bits per heavy atom. The Morgan fingerprint density at radius 3 is 2.57 bits per heavy atom. The van der Waals surface area contributed by atoms with Gasteiger partial charge < -0.3 is 14.5 Å². The van der Waals surface area contributed by atoms with Crippen LogP contribution in [0.15, 0.2) is 24.3 Å². The normalized spacial score (nSPS) is 12.4. The second-order valence-corrected chi connectivity index (χ2v) is 6.08. The molecule has 2 rings (SSSR count). The smallest absolute Gasteiger partial charge is 0.309 e. The molecule has 1 N–H and O–H groups in total. The summed E-state index contributed by atoms with van der Waals surface area (Å²) in [5.41, 5.74) is 1.33. The van der Waals surface area contributed by atoms with E-state index in [-0.39, 0.29) is 18.2 Å². The van der Waals surface area contributed by atoms with E-state index < -0.39 is 5.92 Å². The van der Waals surface area contributed by atoms with E-state index in [1.807, 2.05) is 32.0 Å². The van der Waals surface area contributed by atoms with Gasteiger partial charge in [0.15, 0.2) is 5.78 Å². The van der Waals surface area contributed by atoms with Crippen LogP contribution in [0.3, 0.4) is 0 Å². The molecule has 0 aliphatic carbocycles. The molecule has 0 spiro atoms. The molecule has 1 aromatic heterocycles. The van der Waals surface area contributed by atoms with Gasteiger partial charge in [-0.15, -0.1) is 0 Å². The number of ether oxygens (including phenoxy) is 2. The largest absolute Gasteiger partial charge is 0.496 e. The molecule has 0 amide bonds. The van der Waals surface area contributed by atoms with E-state index in [0.29, 0.717) is 23.8 Å². The van der Waals surface area contributed by atoms with Gasteiger partial charge in [0.2, 0.25) is 0 Å². The van der Waals surface area contributed by atoms with E-state index in [1.165, 1.54) is 7.11 Å². The zero-order valence-corrected chi connectivity index (χ0v) is 14.0. The number of benzene rings is 1. The molecule has 0 aliphatic rings. The van der Waals surface area contributed by atoms with Crippen molar-refractivity contribution in [2.75, 3.05) is 14.2 Å². The molecule has 1 aromatic carbocycles. The van der Waals surface area contributed by atoms with Crippen LogP contribution in [0.1, 0.15) is 37.2 Å². The van der Waals surface area contributed by atoms with Gasteiger partial charge >= 0.3 is 5.97 Å². The number of nitrogens with one attached hydrogen (secondary N) is 1. The Hall–Kier alpha value is -2.30. The lowest BCUT2D eigenvalue weighted by Crippen LogP contribution is -2.21. The molecule has 2 aromatic rings. The second kappa shape index (κ2) is 7.31. The van der Waals surface area contributed by atoms with Crippen LogP contribution in [-0.2, 0) is 9.53 Å². The summed E-state index contributed by atoms with van der Waals surface area (Å²) < 4.78 is 10.1. The van der Waals surface area contributed by atoms with E-state index in [1.54, 1.807) is 13.2 Å². The van der Waals surface area contributed by atoms with Crippen molar-refractivity contribution in [2.24, 2.45) is 11.8 Å². The third kappa shape index (κ3) is 3.92. The van der Waals surface area contributed by atoms with E-state index >= 15 is 0 Å². The predicted molar refractivity (Wildman–Crippen MR) is 88.8 cm³/mol. The van der Waals surface area contributed by atoms with Crippen molar-refractivity contribution in [3.05, 3.63) is 30.0 Å². The van der Waals surface area contributed by atoms with Crippen LogP contribution in [0, 0.1) is 11.8 Å². The van der Waals surface area contributed by atoms with Crippen molar-refractivity contribution in [2.45, 2.75) is 26.7 Å². The summed E-state index contributed by atoms with van der Waals surface area (Å²) in [4.78, 5) is 27.5. The van der Waals surface area contributed by atoms with Crippen LogP contribution < -0.4 is 4.74 Å². The highest BCUT2D eigenvalue weighted by Gasteiger charge is 2.25. The Balaban J connectivity index is 2.23. The molecule has 0 saturated carbocycles. The number of esters is 1. The van der Waals surface area contributed by atoms with E-state index in [0.717, 1.165) is 10.9 Å². The Morgan fingerprint density at radius 1 is 1.22 bits per heavy atom. The summed E-state index contributed by atoms with van der Waals surface area (Å²) >= 11 is 0. The lowest BCUT2D eigenvalue weighted by Gasteiger charge is -2.15. The van der Waals surface area contributed by atoms with Crippen LogP contribution in [0.2, 0.25) is 0 Å². The third-order valence-electron chi connectivity index (χ3n) is 3.87. The lowest BCUT2D eigenvalue weighted by atomic mass is 9.92. The van der Waals surface area contributed by atoms with Crippen LogP contribution >= 0.6 is 0 Å². The summed E-state index contributed by atoms with van der Waals surface area (Å²) in [7, 11) is 2.95. The van der Waals surface area contributed by atoms with E-state index in [9.17, 15) is 9.59 Å². The first-order valence-corrected chi connectivity index (χ1v) is 7.73. The van der Waals surface area contributed by atoms with Crippen LogP contribution in [-0.4, -0.2) is 31.0 Å². The monoisotopic (exact) mass is 317 g/mol. The number of carbonyl (C=O) groups excluding carboxylic acids is 2. The SMILES string of the molecule is COC(=O)[C@@H](CC(=O)c1cc2c(OC)cccc2[nH]1)CC(C)C. The summed E-state index contributed by atoms with van der Waals surface area (Å²) in [6.45, 7) is 4.04. The van der Waals surface area contributed by atoms with Gasteiger partial charge in [0.25, 0.3) is 0 Å². The van der Waals surface area contributed by atoms with Crippen molar-refractivity contribution in [1.82, 2.24) is 4.98 Å². The van der Waals surface area contributed by atoms with E-state index in [4.69, 9.17) is 9.47 Å². The molecule has 0 unspecified atom stereocenters. The number of Topliss-reactive ketones (excluding diaryl/α,β-unsaturated/α-hetero) is 1. The number of hydrogen-bond acceptors (Lipinski definition) is 4. The zero-order valence-electron chi connectivity index (χ0n) is 14.0. The van der Waals surface area contributed by atoms with Crippen molar-refractivity contribution < 1.29 is 19.1 Å². The molecule has 0 bridgehead atoms. The zero-order chi connectivity index (χ0) is 17.0. The fourth-order valence-corrected chi connectivity index (χ4v) is 2.79. The summed E-state index contributed by atoms with van der Waals surface area (Å²) in [6, 6.07) is 7.38. The van der Waals surface area contributed by atoms with E-state index in [2.05, 4.69) is 4.98 Å². The first kappa shape index (κ1) is 17.1. The summed E-state index contributed by atoms with van der Waals surface area (Å²) in [6.07, 6.45) is 0.766. The average Bonchev–Trinajstić information content (AvgIpc) is 2.97. The number of hydrogen-bond donors (Lipinski definition) is 1. The molecule has 5 nitrogen and oxygen atoms in total. The number of aromatic nitrogens is 1. The minimum atomic E-state index is -0.416. The molecule has 0 fully saturated rings. The van der Waals surface area contributed by atoms with Crippen LogP contribution in [0.4, 0.5) is 0 Å². The molecule has 0 aliphatic heterocycles. The van der Waals surface area contributed by atoms with Gasteiger partial charge in [-0.25, -0.2) is 0 Å². The predicted octanol–water partition coefficient (Wildman–Crippen LogP) is 3.58. The second-order valence-electron chi connectivity index (χ2n) is 6.08. The minimum absolute atomic E-state index is 0.0979. The average molecular weight is 317 g/mol. The first-order chi connectivity index (χ1) is 11.0. The standard InChI is InChI=1S/C18H23NO4/c1-11(2)8-12(18(21)23-4)9-16(20)15-10-13-14(19-15)6-5-7-17(13)22-3/h5-7,10-12,19H,8-9H2,1-4H3/t12-/m1/s1. The quantitative estimate of drug-likeness (QED) is 0.626. The maximum Gasteiger partial charge on any atom is 0.309 e. The fraction of sp³-hybridized carbons (Fsp3) is 0.444. The number of H-pyrrole nitrogens is 1. The van der Waals surface area contributed by atoms with Crippen molar-refractivity contribution in [1.29, 1.82) is 0 Å². The van der Waals surface area contributed by atoms with Gasteiger partial charge in [0.05, 0.1) is 25.8 Å². The Kier molecular flexibility index (Phi) is 5.42. The number of rotatable bonds is 7. The van der Waals surface area contributed by atoms with Gasteiger partial charge in [-0.2, -0.15) is 0 Å². The topological polar surface area (TPSA) is 68.4 Å². The number of carbonyl (C=O) groups is 2. The van der Waals surface area contributed by atoms with Gasteiger partial charge in [0, 0.05) is 17.3 Å². The van der Waals surface area contributed by atoms with Crippen molar-refractivity contribution >= 4 is 22.7 Å². The maximum atomic E-state index is 12.5. The number of aromatic amines is 1. The van der Waals surface area contributed by atoms with Crippen LogP contribution in [0.25, 0.3) is 10.9 Å². The highest BCUT2D eigenvalue weighted by Crippen LogP contribution is 2.27. The molecular weight excluding hydrogens is 294 g/mol.